The van der Waals surface area contributed by atoms with E-state index < -0.39 is 0 Å². The van der Waals surface area contributed by atoms with Gasteiger partial charge in [-0.25, -0.2) is 0 Å². The number of thiophene rings is 2. The first-order valence-corrected chi connectivity index (χ1v) is 10.8. The molecule has 6 aromatic rings. The molecule has 0 N–H and O–H groups in total. The summed E-state index contributed by atoms with van der Waals surface area (Å²) in [5, 5.41) is 5.49. The van der Waals surface area contributed by atoms with Crippen LogP contribution in [0, 0.1) is 0 Å². The molecular formula is C25H16S2. The van der Waals surface area contributed by atoms with Gasteiger partial charge in [0.05, 0.1) is 0 Å². The van der Waals surface area contributed by atoms with Crippen LogP contribution in [0.3, 0.4) is 0 Å². The number of fused-ring (bicyclic) bond motifs is 6. The van der Waals surface area contributed by atoms with Gasteiger partial charge in [-0.05, 0) is 41.8 Å². The predicted octanol–water partition coefficient (Wildman–Crippen LogP) is 8.01. The second-order valence-corrected chi connectivity index (χ2v) is 9.20. The molecule has 27 heavy (non-hydrogen) atoms. The van der Waals surface area contributed by atoms with Gasteiger partial charge in [-0.2, -0.15) is 0 Å². The second-order valence-electron chi connectivity index (χ2n) is 7.03. The van der Waals surface area contributed by atoms with Gasteiger partial charge in [0.25, 0.3) is 0 Å². The summed E-state index contributed by atoms with van der Waals surface area (Å²) >= 11 is 3.79. The van der Waals surface area contributed by atoms with Gasteiger partial charge in [0.15, 0.2) is 0 Å². The van der Waals surface area contributed by atoms with Gasteiger partial charge in [0.2, 0.25) is 0 Å². The summed E-state index contributed by atoms with van der Waals surface area (Å²) in [6, 6.07) is 31.3. The second kappa shape index (κ2) is 5.91. The van der Waals surface area contributed by atoms with Crippen molar-refractivity contribution in [1.82, 2.24) is 0 Å². The van der Waals surface area contributed by atoms with E-state index in [0.717, 1.165) is 6.42 Å². The summed E-state index contributed by atoms with van der Waals surface area (Å²) in [4.78, 5) is 0. The third kappa shape index (κ3) is 2.48. The maximum Gasteiger partial charge on any atom is 0.0358 e. The maximum atomic E-state index is 2.37. The molecule has 6 rings (SSSR count). The average molecular weight is 381 g/mol. The largest absolute Gasteiger partial charge is 0.135 e. The molecule has 0 aliphatic heterocycles. The highest BCUT2D eigenvalue weighted by atomic mass is 32.1. The third-order valence-corrected chi connectivity index (χ3v) is 7.56. The van der Waals surface area contributed by atoms with Gasteiger partial charge >= 0.3 is 0 Å². The monoisotopic (exact) mass is 380 g/mol. The van der Waals surface area contributed by atoms with Crippen LogP contribution in [0.15, 0.2) is 84.9 Å². The van der Waals surface area contributed by atoms with Gasteiger partial charge < -0.3 is 0 Å². The van der Waals surface area contributed by atoms with Crippen molar-refractivity contribution in [2.24, 2.45) is 0 Å². The van der Waals surface area contributed by atoms with E-state index >= 15 is 0 Å². The summed E-state index contributed by atoms with van der Waals surface area (Å²) in [6.45, 7) is 0. The van der Waals surface area contributed by atoms with E-state index in [1.165, 1.54) is 51.5 Å². The molecule has 0 saturated carbocycles. The number of rotatable bonds is 2. The topological polar surface area (TPSA) is 0 Å². The van der Waals surface area contributed by atoms with Crippen LogP contribution in [-0.2, 0) is 6.42 Å². The molecule has 4 aromatic carbocycles. The van der Waals surface area contributed by atoms with E-state index in [-0.39, 0.29) is 0 Å². The molecule has 0 amide bonds. The minimum Gasteiger partial charge on any atom is -0.135 e. The van der Waals surface area contributed by atoms with Crippen molar-refractivity contribution in [3.63, 3.8) is 0 Å². The summed E-state index contributed by atoms with van der Waals surface area (Å²) in [5.74, 6) is 0. The van der Waals surface area contributed by atoms with Crippen LogP contribution < -0.4 is 0 Å². The standard InChI is InChI=1S/C25H16S2/c1-3-7-22-18(5-1)20-11-9-16(14-24(20)26-22)13-17-10-12-21-19-6-2-4-8-23(19)27-25(21)15-17/h1-12,14-15H,13H2. The van der Waals surface area contributed by atoms with Crippen molar-refractivity contribution in [3.05, 3.63) is 96.1 Å². The van der Waals surface area contributed by atoms with E-state index in [2.05, 4.69) is 84.9 Å². The normalized spacial score (nSPS) is 11.9. The highest BCUT2D eigenvalue weighted by molar-refractivity contribution is 7.26. The zero-order valence-electron chi connectivity index (χ0n) is 14.6. The quantitative estimate of drug-likeness (QED) is 0.285. The number of hydrogen-bond acceptors (Lipinski definition) is 2. The Morgan fingerprint density at radius 1 is 0.444 bits per heavy atom. The number of hydrogen-bond donors (Lipinski definition) is 0. The molecule has 128 valence electrons. The van der Waals surface area contributed by atoms with Crippen molar-refractivity contribution in [3.8, 4) is 0 Å². The molecule has 0 atom stereocenters. The fourth-order valence-electron chi connectivity index (χ4n) is 4.00. The Morgan fingerprint density at radius 2 is 0.889 bits per heavy atom. The smallest absolute Gasteiger partial charge is 0.0358 e. The van der Waals surface area contributed by atoms with Crippen LogP contribution in [0.1, 0.15) is 11.1 Å². The van der Waals surface area contributed by atoms with Gasteiger partial charge in [-0.15, -0.1) is 22.7 Å². The first kappa shape index (κ1) is 15.4. The van der Waals surface area contributed by atoms with Crippen molar-refractivity contribution in [2.75, 3.05) is 0 Å². The first-order valence-electron chi connectivity index (χ1n) is 9.15. The maximum absolute atomic E-state index is 2.37. The van der Waals surface area contributed by atoms with E-state index in [1.54, 1.807) is 0 Å². The van der Waals surface area contributed by atoms with E-state index in [9.17, 15) is 0 Å². The zero-order chi connectivity index (χ0) is 17.8. The van der Waals surface area contributed by atoms with Crippen LogP contribution in [-0.4, -0.2) is 0 Å². The molecular weight excluding hydrogens is 364 g/mol. The van der Waals surface area contributed by atoms with Gasteiger partial charge in [-0.1, -0.05) is 60.7 Å². The van der Waals surface area contributed by atoms with Crippen LogP contribution in [0.2, 0.25) is 0 Å². The third-order valence-electron chi connectivity index (χ3n) is 5.29. The Hall–Kier alpha value is -2.68. The van der Waals surface area contributed by atoms with E-state index in [4.69, 9.17) is 0 Å². The van der Waals surface area contributed by atoms with Crippen LogP contribution in [0.5, 0.6) is 0 Å². The van der Waals surface area contributed by atoms with Crippen LogP contribution in [0.25, 0.3) is 40.3 Å². The highest BCUT2D eigenvalue weighted by Crippen LogP contribution is 2.36. The predicted molar refractivity (Wildman–Crippen MR) is 121 cm³/mol. The lowest BCUT2D eigenvalue weighted by molar-refractivity contribution is 1.21. The van der Waals surface area contributed by atoms with E-state index in [1.807, 2.05) is 22.7 Å². The SMILES string of the molecule is c1ccc2c(c1)sc1cc(Cc3ccc4c(c3)sc3ccccc34)ccc12. The summed E-state index contributed by atoms with van der Waals surface area (Å²) in [6.07, 6.45) is 0.981. The fraction of sp³-hybridized carbons (Fsp3) is 0.0400. The molecule has 0 nitrogen and oxygen atoms in total. The van der Waals surface area contributed by atoms with Gasteiger partial charge in [0.1, 0.15) is 0 Å². The molecule has 0 saturated heterocycles. The molecule has 0 bridgehead atoms. The lowest BCUT2D eigenvalue weighted by atomic mass is 10.0. The molecule has 2 aromatic heterocycles. The van der Waals surface area contributed by atoms with Crippen molar-refractivity contribution >= 4 is 63.0 Å². The van der Waals surface area contributed by atoms with Crippen molar-refractivity contribution in [2.45, 2.75) is 6.42 Å². The average Bonchev–Trinajstić information content (AvgIpc) is 3.25. The van der Waals surface area contributed by atoms with E-state index in [0.29, 0.717) is 0 Å². The Labute approximate surface area is 165 Å². The number of benzene rings is 4. The zero-order valence-corrected chi connectivity index (χ0v) is 16.2. The molecule has 0 fully saturated rings. The minimum absolute atomic E-state index is 0.981. The molecule has 0 spiro atoms. The highest BCUT2D eigenvalue weighted by Gasteiger charge is 2.08. The van der Waals surface area contributed by atoms with Gasteiger partial charge in [0, 0.05) is 40.3 Å². The summed E-state index contributed by atoms with van der Waals surface area (Å²) < 4.78 is 5.51. The molecule has 2 heterocycles. The fourth-order valence-corrected chi connectivity index (χ4v) is 6.34. The molecule has 2 heteroatoms. The Balaban J connectivity index is 1.42. The minimum atomic E-state index is 0.981. The summed E-state index contributed by atoms with van der Waals surface area (Å²) in [7, 11) is 0. The molecule has 0 aliphatic carbocycles. The molecule has 0 unspecified atom stereocenters. The van der Waals surface area contributed by atoms with Crippen LogP contribution >= 0.6 is 22.7 Å². The Bertz CT molecular complexity index is 1340. The lowest BCUT2D eigenvalue weighted by Crippen LogP contribution is -1.87. The summed E-state index contributed by atoms with van der Waals surface area (Å²) in [5.41, 5.74) is 2.77. The van der Waals surface area contributed by atoms with Crippen molar-refractivity contribution < 1.29 is 0 Å². The Morgan fingerprint density at radius 3 is 1.41 bits per heavy atom. The first-order chi connectivity index (χ1) is 13.3. The molecule has 0 radical (unpaired) electrons. The van der Waals surface area contributed by atoms with Crippen LogP contribution in [0.4, 0.5) is 0 Å². The Kier molecular flexibility index (Phi) is 3.37. The van der Waals surface area contributed by atoms with Gasteiger partial charge in [-0.3, -0.25) is 0 Å². The lowest BCUT2D eigenvalue weighted by Gasteiger charge is -2.03. The molecule has 0 aliphatic rings. The van der Waals surface area contributed by atoms with Crippen molar-refractivity contribution in [1.29, 1.82) is 0 Å².